The Labute approximate surface area is 182 Å². The van der Waals surface area contributed by atoms with Crippen molar-refractivity contribution >= 4 is 16.8 Å². The van der Waals surface area contributed by atoms with Crippen LogP contribution in [0.4, 0.5) is 0 Å². The molecule has 0 fully saturated rings. The van der Waals surface area contributed by atoms with Crippen LogP contribution in [-0.2, 0) is 0 Å². The van der Waals surface area contributed by atoms with Crippen LogP contribution in [0.5, 0.6) is 5.75 Å². The van der Waals surface area contributed by atoms with Crippen molar-refractivity contribution < 1.29 is 9.53 Å². The maximum atomic E-state index is 13.5. The van der Waals surface area contributed by atoms with Crippen LogP contribution in [0.3, 0.4) is 0 Å². The highest BCUT2D eigenvalue weighted by Gasteiger charge is 2.26. The Balaban J connectivity index is 1.93. The zero-order valence-corrected chi connectivity index (χ0v) is 18.1. The highest BCUT2D eigenvalue weighted by atomic mass is 16.5. The Bertz CT molecular complexity index is 1080. The van der Waals surface area contributed by atoms with Gasteiger partial charge in [0.2, 0.25) is 0 Å². The number of H-pyrrole nitrogens is 1. The smallest absolute Gasteiger partial charge is 0.258 e. The van der Waals surface area contributed by atoms with Crippen molar-refractivity contribution in [2.24, 2.45) is 5.73 Å². The molecule has 1 unspecified atom stereocenters. The average molecular weight is 423 g/mol. The van der Waals surface area contributed by atoms with Crippen LogP contribution < -0.4 is 16.0 Å². The third-order valence-electron chi connectivity index (χ3n) is 5.45. The number of methoxy groups -OCH3 is 1. The predicted octanol–water partition coefficient (Wildman–Crippen LogP) is 3.65. The molecule has 3 aromatic rings. The SMILES string of the molecule is COc1ccccc1C(=O)N(CCCCCCN)C(C)c1nc2ccccc2c(=O)[nH]1. The van der Waals surface area contributed by atoms with E-state index in [9.17, 15) is 9.59 Å². The molecule has 0 aliphatic carbocycles. The van der Waals surface area contributed by atoms with Crippen LogP contribution in [0.25, 0.3) is 10.9 Å². The molecule has 0 bridgehead atoms. The van der Waals surface area contributed by atoms with E-state index < -0.39 is 6.04 Å². The minimum Gasteiger partial charge on any atom is -0.496 e. The molecule has 0 saturated heterocycles. The Hall–Kier alpha value is -3.19. The van der Waals surface area contributed by atoms with E-state index in [-0.39, 0.29) is 11.5 Å². The fourth-order valence-electron chi connectivity index (χ4n) is 3.68. The number of hydrogen-bond donors (Lipinski definition) is 2. The lowest BCUT2D eigenvalue weighted by Gasteiger charge is -2.29. The number of amides is 1. The van der Waals surface area contributed by atoms with Gasteiger partial charge in [0.25, 0.3) is 11.5 Å². The highest BCUT2D eigenvalue weighted by Crippen LogP contribution is 2.25. The summed E-state index contributed by atoms with van der Waals surface area (Å²) in [6.07, 6.45) is 3.80. The molecule has 0 aliphatic heterocycles. The topological polar surface area (TPSA) is 101 Å². The highest BCUT2D eigenvalue weighted by molar-refractivity contribution is 5.97. The van der Waals surface area contributed by atoms with E-state index >= 15 is 0 Å². The Kier molecular flexibility index (Phi) is 7.78. The van der Waals surface area contributed by atoms with Gasteiger partial charge in [-0.15, -0.1) is 0 Å². The number of fused-ring (bicyclic) bond motifs is 1. The zero-order chi connectivity index (χ0) is 22.2. The summed E-state index contributed by atoms with van der Waals surface area (Å²) in [5, 5.41) is 0.530. The van der Waals surface area contributed by atoms with Gasteiger partial charge in [0.1, 0.15) is 11.6 Å². The Morgan fingerprint density at radius 1 is 1.10 bits per heavy atom. The van der Waals surface area contributed by atoms with E-state index in [1.165, 1.54) is 0 Å². The standard InChI is InChI=1S/C24H30N4O3/c1-17(22-26-20-13-7-5-11-18(20)23(29)27-22)28(16-10-4-3-9-15-25)24(30)19-12-6-8-14-21(19)31-2/h5-8,11-14,17H,3-4,9-10,15-16,25H2,1-2H3,(H,26,27,29). The molecule has 0 saturated carbocycles. The molecule has 0 aliphatic rings. The van der Waals surface area contributed by atoms with Gasteiger partial charge in [-0.1, -0.05) is 37.1 Å². The maximum absolute atomic E-state index is 13.5. The lowest BCUT2D eigenvalue weighted by atomic mass is 10.1. The van der Waals surface area contributed by atoms with Gasteiger partial charge < -0.3 is 20.4 Å². The van der Waals surface area contributed by atoms with Crippen molar-refractivity contribution in [3.63, 3.8) is 0 Å². The summed E-state index contributed by atoms with van der Waals surface area (Å²) in [6.45, 7) is 3.10. The Morgan fingerprint density at radius 3 is 2.58 bits per heavy atom. The second-order valence-corrected chi connectivity index (χ2v) is 7.55. The monoisotopic (exact) mass is 422 g/mol. The summed E-state index contributed by atoms with van der Waals surface area (Å²) in [5.74, 6) is 0.835. The molecule has 3 N–H and O–H groups in total. The van der Waals surface area contributed by atoms with Crippen molar-refractivity contribution in [1.29, 1.82) is 0 Å². The molecule has 0 radical (unpaired) electrons. The number of nitrogens with two attached hydrogens (primary N) is 1. The second-order valence-electron chi connectivity index (χ2n) is 7.55. The number of carbonyl (C=O) groups is 1. The van der Waals surface area contributed by atoms with Crippen molar-refractivity contribution in [2.75, 3.05) is 20.2 Å². The first-order valence-corrected chi connectivity index (χ1v) is 10.7. The van der Waals surface area contributed by atoms with Gasteiger partial charge in [0.15, 0.2) is 0 Å². The summed E-state index contributed by atoms with van der Waals surface area (Å²) in [7, 11) is 1.55. The molecule has 1 heterocycles. The maximum Gasteiger partial charge on any atom is 0.258 e. The third-order valence-corrected chi connectivity index (χ3v) is 5.45. The van der Waals surface area contributed by atoms with Crippen LogP contribution in [0.15, 0.2) is 53.3 Å². The third kappa shape index (κ3) is 5.30. The molecule has 2 aromatic carbocycles. The molecular formula is C24H30N4O3. The van der Waals surface area contributed by atoms with E-state index in [0.29, 0.717) is 41.1 Å². The molecule has 31 heavy (non-hydrogen) atoms. The second kappa shape index (κ2) is 10.7. The summed E-state index contributed by atoms with van der Waals surface area (Å²) in [4.78, 5) is 35.3. The number of benzene rings is 2. The van der Waals surface area contributed by atoms with Gasteiger partial charge >= 0.3 is 0 Å². The van der Waals surface area contributed by atoms with Crippen LogP contribution >= 0.6 is 0 Å². The molecule has 1 atom stereocenters. The van der Waals surface area contributed by atoms with Crippen LogP contribution in [-0.4, -0.2) is 41.0 Å². The van der Waals surface area contributed by atoms with E-state index in [0.717, 1.165) is 25.7 Å². The predicted molar refractivity (Wildman–Crippen MR) is 122 cm³/mol. The average Bonchev–Trinajstić information content (AvgIpc) is 2.80. The quantitative estimate of drug-likeness (QED) is 0.486. The minimum absolute atomic E-state index is 0.153. The first-order valence-electron chi connectivity index (χ1n) is 10.7. The van der Waals surface area contributed by atoms with Crippen LogP contribution in [0, 0.1) is 0 Å². The lowest BCUT2D eigenvalue weighted by molar-refractivity contribution is 0.0675. The van der Waals surface area contributed by atoms with Crippen molar-refractivity contribution in [1.82, 2.24) is 14.9 Å². The number of rotatable bonds is 10. The zero-order valence-electron chi connectivity index (χ0n) is 18.1. The molecule has 7 nitrogen and oxygen atoms in total. The molecular weight excluding hydrogens is 392 g/mol. The van der Waals surface area contributed by atoms with Gasteiger partial charge in [-0.25, -0.2) is 4.98 Å². The number of hydrogen-bond acceptors (Lipinski definition) is 5. The van der Waals surface area contributed by atoms with Crippen molar-refractivity contribution in [3.05, 3.63) is 70.3 Å². The van der Waals surface area contributed by atoms with Gasteiger partial charge in [-0.3, -0.25) is 9.59 Å². The van der Waals surface area contributed by atoms with Crippen LogP contribution in [0.1, 0.15) is 54.8 Å². The largest absolute Gasteiger partial charge is 0.496 e. The van der Waals surface area contributed by atoms with E-state index in [1.54, 1.807) is 42.3 Å². The number of para-hydroxylation sites is 2. The van der Waals surface area contributed by atoms with E-state index in [1.807, 2.05) is 25.1 Å². The summed E-state index contributed by atoms with van der Waals surface area (Å²) in [6, 6.07) is 14.0. The molecule has 164 valence electrons. The number of nitrogens with one attached hydrogen (secondary N) is 1. The van der Waals surface area contributed by atoms with E-state index in [4.69, 9.17) is 10.5 Å². The fraction of sp³-hybridized carbons (Fsp3) is 0.375. The van der Waals surface area contributed by atoms with Crippen molar-refractivity contribution in [3.8, 4) is 5.75 Å². The number of ether oxygens (including phenoxy) is 1. The molecule has 3 rings (SSSR count). The normalized spacial score (nSPS) is 12.0. The van der Waals surface area contributed by atoms with Gasteiger partial charge in [0, 0.05) is 6.54 Å². The fourth-order valence-corrected chi connectivity index (χ4v) is 3.68. The minimum atomic E-state index is -0.413. The first kappa shape index (κ1) is 22.5. The number of aromatic amines is 1. The number of nitrogens with zero attached hydrogens (tertiary/aromatic N) is 2. The lowest BCUT2D eigenvalue weighted by Crippen LogP contribution is -2.36. The van der Waals surface area contributed by atoms with Gasteiger partial charge in [-0.2, -0.15) is 0 Å². The molecule has 0 spiro atoms. The number of unbranched alkanes of at least 4 members (excludes halogenated alkanes) is 3. The first-order chi connectivity index (χ1) is 15.1. The number of aromatic nitrogens is 2. The summed E-state index contributed by atoms with van der Waals surface area (Å²) in [5.41, 5.74) is 6.48. The molecule has 7 heteroatoms. The van der Waals surface area contributed by atoms with Gasteiger partial charge in [0.05, 0.1) is 29.6 Å². The Morgan fingerprint density at radius 2 is 1.81 bits per heavy atom. The summed E-state index contributed by atoms with van der Waals surface area (Å²) >= 11 is 0. The number of carbonyl (C=O) groups excluding carboxylic acids is 1. The summed E-state index contributed by atoms with van der Waals surface area (Å²) < 4.78 is 5.40. The van der Waals surface area contributed by atoms with Crippen LogP contribution in [0.2, 0.25) is 0 Å². The van der Waals surface area contributed by atoms with E-state index in [2.05, 4.69) is 9.97 Å². The van der Waals surface area contributed by atoms with Crippen molar-refractivity contribution in [2.45, 2.75) is 38.6 Å². The molecule has 1 aromatic heterocycles. The van der Waals surface area contributed by atoms with Gasteiger partial charge in [-0.05, 0) is 50.6 Å². The molecule has 1 amide bonds.